The number of ketones is 1. The Bertz CT molecular complexity index is 394. The Hall–Kier alpha value is -0.590. The summed E-state index contributed by atoms with van der Waals surface area (Å²) in [4.78, 5) is 12.9. The molecule has 0 amide bonds. The zero-order chi connectivity index (χ0) is 13.1. The van der Waals surface area contributed by atoms with Crippen molar-refractivity contribution in [2.45, 2.75) is 52.9 Å². The van der Waals surface area contributed by atoms with Crippen LogP contribution in [0.5, 0.6) is 0 Å². The molecule has 3 fully saturated rings. The fraction of sp³-hybridized carbons (Fsp3) is 0.824. The second-order valence-corrected chi connectivity index (χ2v) is 7.57. The first-order valence-corrected chi connectivity index (χ1v) is 7.60. The molecule has 3 aliphatic carbocycles. The van der Waals surface area contributed by atoms with E-state index in [1.165, 1.54) is 19.3 Å². The molecule has 1 heteroatoms. The average Bonchev–Trinajstić information content (AvgIpc) is 2.74. The van der Waals surface area contributed by atoms with Gasteiger partial charge in [-0.15, -0.1) is 6.58 Å². The monoisotopic (exact) mass is 246 g/mol. The molecule has 1 nitrogen and oxygen atoms in total. The zero-order valence-electron chi connectivity index (χ0n) is 12.0. The lowest BCUT2D eigenvalue weighted by Crippen LogP contribution is -2.40. The normalized spacial score (nSPS) is 49.8. The minimum absolute atomic E-state index is 0.0365. The summed E-state index contributed by atoms with van der Waals surface area (Å²) in [7, 11) is 0. The molecule has 3 saturated carbocycles. The lowest BCUT2D eigenvalue weighted by Gasteiger charge is -2.38. The van der Waals surface area contributed by atoms with Gasteiger partial charge >= 0.3 is 0 Å². The predicted octanol–water partition coefficient (Wildman–Crippen LogP) is 4.23. The maximum Gasteiger partial charge on any atom is 0.140 e. The maximum atomic E-state index is 12.9. The molecule has 0 heterocycles. The average molecular weight is 246 g/mol. The van der Waals surface area contributed by atoms with Gasteiger partial charge in [-0.2, -0.15) is 0 Å². The smallest absolute Gasteiger partial charge is 0.140 e. The Morgan fingerprint density at radius 1 is 1.33 bits per heavy atom. The molecule has 18 heavy (non-hydrogen) atoms. The van der Waals surface area contributed by atoms with Crippen LogP contribution >= 0.6 is 0 Å². The molecule has 0 unspecified atom stereocenters. The van der Waals surface area contributed by atoms with E-state index in [0.717, 1.165) is 18.8 Å². The third-order valence-electron chi connectivity index (χ3n) is 6.75. The van der Waals surface area contributed by atoms with Gasteiger partial charge in [-0.05, 0) is 48.3 Å². The first-order valence-electron chi connectivity index (χ1n) is 7.60. The second-order valence-electron chi connectivity index (χ2n) is 7.57. The van der Waals surface area contributed by atoms with Crippen molar-refractivity contribution in [1.82, 2.24) is 0 Å². The first kappa shape index (κ1) is 12.4. The van der Waals surface area contributed by atoms with E-state index in [9.17, 15) is 4.79 Å². The Labute approximate surface area is 111 Å². The zero-order valence-corrected chi connectivity index (χ0v) is 12.0. The number of allylic oxidation sites excluding steroid dienone is 1. The van der Waals surface area contributed by atoms with Crippen LogP contribution < -0.4 is 0 Å². The fourth-order valence-corrected chi connectivity index (χ4v) is 5.33. The van der Waals surface area contributed by atoms with Crippen LogP contribution in [0.15, 0.2) is 12.7 Å². The van der Waals surface area contributed by atoms with Crippen LogP contribution in [-0.2, 0) is 4.79 Å². The molecule has 5 atom stereocenters. The molecular formula is C17H26O. The van der Waals surface area contributed by atoms with Crippen molar-refractivity contribution in [2.75, 3.05) is 0 Å². The summed E-state index contributed by atoms with van der Waals surface area (Å²) in [6.07, 6.45) is 7.68. The molecule has 0 bridgehead atoms. The highest BCUT2D eigenvalue weighted by Gasteiger charge is 2.64. The van der Waals surface area contributed by atoms with Crippen molar-refractivity contribution in [2.24, 2.45) is 34.5 Å². The number of carbonyl (C=O) groups is 1. The van der Waals surface area contributed by atoms with Gasteiger partial charge in [0.1, 0.15) is 5.78 Å². The van der Waals surface area contributed by atoms with Gasteiger partial charge in [-0.25, -0.2) is 0 Å². The maximum absolute atomic E-state index is 12.9. The number of hydrogen-bond donors (Lipinski definition) is 0. The van der Waals surface area contributed by atoms with Crippen LogP contribution in [0, 0.1) is 34.5 Å². The van der Waals surface area contributed by atoms with Crippen LogP contribution in [-0.4, -0.2) is 5.78 Å². The van der Waals surface area contributed by atoms with E-state index in [0.29, 0.717) is 29.0 Å². The van der Waals surface area contributed by atoms with E-state index >= 15 is 0 Å². The third kappa shape index (κ3) is 1.37. The molecule has 3 rings (SSSR count). The Balaban J connectivity index is 1.93. The highest BCUT2D eigenvalue weighted by Crippen LogP contribution is 2.68. The van der Waals surface area contributed by atoms with E-state index in [2.05, 4.69) is 33.4 Å². The molecule has 0 saturated heterocycles. The van der Waals surface area contributed by atoms with Crippen LogP contribution in [0.3, 0.4) is 0 Å². The summed E-state index contributed by atoms with van der Waals surface area (Å²) >= 11 is 0. The molecule has 0 aromatic heterocycles. The van der Waals surface area contributed by atoms with E-state index in [1.54, 1.807) is 0 Å². The Morgan fingerprint density at radius 3 is 2.72 bits per heavy atom. The molecule has 1 spiro atoms. The summed E-state index contributed by atoms with van der Waals surface area (Å²) in [6, 6.07) is 0. The molecule has 0 N–H and O–H groups in total. The summed E-state index contributed by atoms with van der Waals surface area (Å²) in [5, 5.41) is 0. The standard InChI is InChI=1S/C17H26O/c1-5-12-7-6-8-17(12)11(2)9-13-14(10-15(17)18)16(13,3)4/h5,11-14H,1,6-10H2,2-4H3/t11-,12-,13-,14+,17-/m1/s1. The summed E-state index contributed by atoms with van der Waals surface area (Å²) in [5.74, 6) is 3.02. The van der Waals surface area contributed by atoms with Crippen molar-refractivity contribution in [1.29, 1.82) is 0 Å². The highest BCUT2D eigenvalue weighted by atomic mass is 16.1. The summed E-state index contributed by atoms with van der Waals surface area (Å²) in [6.45, 7) is 11.0. The van der Waals surface area contributed by atoms with Crippen molar-refractivity contribution >= 4 is 5.78 Å². The topological polar surface area (TPSA) is 17.1 Å². The van der Waals surface area contributed by atoms with Gasteiger partial charge in [0.15, 0.2) is 0 Å². The second kappa shape index (κ2) is 3.71. The van der Waals surface area contributed by atoms with Gasteiger partial charge in [0.05, 0.1) is 0 Å². The minimum Gasteiger partial charge on any atom is -0.299 e. The molecule has 0 radical (unpaired) electrons. The van der Waals surface area contributed by atoms with Gasteiger partial charge < -0.3 is 0 Å². The third-order valence-corrected chi connectivity index (χ3v) is 6.75. The number of hydrogen-bond acceptors (Lipinski definition) is 1. The van der Waals surface area contributed by atoms with Gasteiger partial charge in [0.2, 0.25) is 0 Å². The molecular weight excluding hydrogens is 220 g/mol. The number of Topliss-reactive ketones (excluding diaryl/α,β-unsaturated/α-hetero) is 1. The number of carbonyl (C=O) groups excluding carboxylic acids is 1. The van der Waals surface area contributed by atoms with Gasteiger partial charge in [-0.1, -0.05) is 33.3 Å². The lowest BCUT2D eigenvalue weighted by molar-refractivity contribution is -0.133. The molecule has 0 aromatic carbocycles. The van der Waals surface area contributed by atoms with Gasteiger partial charge in [0.25, 0.3) is 0 Å². The first-order chi connectivity index (χ1) is 8.44. The highest BCUT2D eigenvalue weighted by molar-refractivity contribution is 5.87. The predicted molar refractivity (Wildman–Crippen MR) is 74.1 cm³/mol. The van der Waals surface area contributed by atoms with E-state index < -0.39 is 0 Å². The Morgan fingerprint density at radius 2 is 2.06 bits per heavy atom. The molecule has 100 valence electrons. The van der Waals surface area contributed by atoms with E-state index in [1.807, 2.05) is 0 Å². The quantitative estimate of drug-likeness (QED) is 0.633. The lowest BCUT2D eigenvalue weighted by atomic mass is 9.64. The largest absolute Gasteiger partial charge is 0.299 e. The summed E-state index contributed by atoms with van der Waals surface area (Å²) in [5.41, 5.74) is 0.388. The van der Waals surface area contributed by atoms with Crippen molar-refractivity contribution < 1.29 is 4.79 Å². The number of fused-ring (bicyclic) bond motifs is 1. The van der Waals surface area contributed by atoms with E-state index in [-0.39, 0.29) is 5.41 Å². The van der Waals surface area contributed by atoms with Crippen molar-refractivity contribution in [3.8, 4) is 0 Å². The van der Waals surface area contributed by atoms with Gasteiger partial charge in [-0.3, -0.25) is 4.79 Å². The summed E-state index contributed by atoms with van der Waals surface area (Å²) < 4.78 is 0. The fourth-order valence-electron chi connectivity index (χ4n) is 5.33. The van der Waals surface area contributed by atoms with Crippen LogP contribution in [0.4, 0.5) is 0 Å². The van der Waals surface area contributed by atoms with Crippen molar-refractivity contribution in [3.05, 3.63) is 12.7 Å². The molecule has 0 aliphatic heterocycles. The van der Waals surface area contributed by atoms with E-state index in [4.69, 9.17) is 0 Å². The SMILES string of the molecule is C=C[C@@H]1CCC[C@]12C(=O)C[C@H]1[C@@H](C[C@H]2C)C1(C)C. The van der Waals surface area contributed by atoms with Gasteiger partial charge in [0, 0.05) is 11.8 Å². The minimum atomic E-state index is -0.0365. The van der Waals surface area contributed by atoms with Crippen LogP contribution in [0.25, 0.3) is 0 Å². The van der Waals surface area contributed by atoms with Crippen molar-refractivity contribution in [3.63, 3.8) is 0 Å². The van der Waals surface area contributed by atoms with Crippen LogP contribution in [0.1, 0.15) is 52.9 Å². The van der Waals surface area contributed by atoms with Crippen LogP contribution in [0.2, 0.25) is 0 Å². The molecule has 0 aromatic rings. The Kier molecular flexibility index (Phi) is 2.56. The number of rotatable bonds is 1. The molecule has 3 aliphatic rings.